The topological polar surface area (TPSA) is 42.7 Å². The number of carbonyl (C=O) groups is 1. The van der Waals surface area contributed by atoms with Gasteiger partial charge in [-0.15, -0.1) is 0 Å². The van der Waals surface area contributed by atoms with Gasteiger partial charge in [-0.3, -0.25) is 0 Å². The summed E-state index contributed by atoms with van der Waals surface area (Å²) in [5, 5.41) is 0.512. The van der Waals surface area contributed by atoms with E-state index >= 15 is 0 Å². The zero-order chi connectivity index (χ0) is 17.5. The first-order chi connectivity index (χ1) is 11.2. The van der Waals surface area contributed by atoms with Crippen molar-refractivity contribution >= 4 is 17.1 Å². The van der Waals surface area contributed by atoms with Crippen molar-refractivity contribution in [1.29, 1.82) is 0 Å². The van der Waals surface area contributed by atoms with Crippen LogP contribution in [0, 0.1) is 11.7 Å². The lowest BCUT2D eigenvalue weighted by Gasteiger charge is -2.37. The minimum absolute atomic E-state index is 0.202. The molecule has 0 bridgehead atoms. The molecule has 1 saturated heterocycles. The first-order valence-corrected chi connectivity index (χ1v) is 8.39. The van der Waals surface area contributed by atoms with E-state index < -0.39 is 5.60 Å². The Kier molecular flexibility index (Phi) is 4.28. The van der Waals surface area contributed by atoms with Crippen LogP contribution in [0.2, 0.25) is 0 Å². The Morgan fingerprint density at radius 3 is 2.79 bits per heavy atom. The molecule has 1 aliphatic heterocycles. The van der Waals surface area contributed by atoms with Gasteiger partial charge in [-0.2, -0.15) is 0 Å². The zero-order valence-electron chi connectivity index (χ0n) is 14.6. The zero-order valence-corrected chi connectivity index (χ0v) is 14.6. The molecule has 2 heterocycles. The number of fused-ring (bicyclic) bond motifs is 1. The predicted molar refractivity (Wildman–Crippen MR) is 90.5 cm³/mol. The molecule has 1 aromatic heterocycles. The molecule has 0 spiro atoms. The maximum Gasteiger partial charge on any atom is 0.410 e. The highest BCUT2D eigenvalue weighted by molar-refractivity contribution is 5.78. The van der Waals surface area contributed by atoms with Crippen molar-refractivity contribution < 1.29 is 18.3 Å². The molecule has 2 atom stereocenters. The number of hydrogen-bond donors (Lipinski definition) is 0. The maximum absolute atomic E-state index is 14.2. The van der Waals surface area contributed by atoms with Gasteiger partial charge < -0.3 is 14.1 Å². The average Bonchev–Trinajstić information content (AvgIpc) is 2.94. The Morgan fingerprint density at radius 1 is 1.38 bits per heavy atom. The number of amides is 1. The van der Waals surface area contributed by atoms with E-state index in [1.54, 1.807) is 17.0 Å². The van der Waals surface area contributed by atoms with Gasteiger partial charge in [0.2, 0.25) is 0 Å². The summed E-state index contributed by atoms with van der Waals surface area (Å²) in [7, 11) is 0. The summed E-state index contributed by atoms with van der Waals surface area (Å²) in [6.07, 6.45) is 2.01. The molecule has 130 valence electrons. The SMILES string of the molecule is CC1CN(C(=O)OC(C)(C)C)CCC1c1cc(F)c2ccoc2c1. The van der Waals surface area contributed by atoms with Crippen molar-refractivity contribution in [3.63, 3.8) is 0 Å². The fraction of sp³-hybridized carbons (Fsp3) is 0.526. The number of benzene rings is 1. The lowest BCUT2D eigenvalue weighted by atomic mass is 9.81. The van der Waals surface area contributed by atoms with Crippen molar-refractivity contribution in [2.45, 2.75) is 45.6 Å². The van der Waals surface area contributed by atoms with Gasteiger partial charge in [0, 0.05) is 13.1 Å². The van der Waals surface area contributed by atoms with Crippen LogP contribution in [-0.4, -0.2) is 29.7 Å². The van der Waals surface area contributed by atoms with Gasteiger partial charge in [0.25, 0.3) is 0 Å². The molecule has 2 aromatic rings. The predicted octanol–water partition coefficient (Wildman–Crippen LogP) is 4.93. The number of piperidine rings is 1. The standard InChI is InChI=1S/C19H24FNO3/c1-12-11-21(18(22)24-19(2,3)4)7-5-14(12)13-9-16(20)15-6-8-23-17(15)10-13/h6,8-10,12,14H,5,7,11H2,1-4H3. The lowest BCUT2D eigenvalue weighted by molar-refractivity contribution is 0.0155. The Morgan fingerprint density at radius 2 is 2.12 bits per heavy atom. The molecule has 1 aromatic carbocycles. The molecule has 0 saturated carbocycles. The van der Waals surface area contributed by atoms with Gasteiger partial charge >= 0.3 is 6.09 Å². The van der Waals surface area contributed by atoms with E-state index in [2.05, 4.69) is 6.92 Å². The van der Waals surface area contributed by atoms with E-state index in [0.29, 0.717) is 24.1 Å². The van der Waals surface area contributed by atoms with Crippen LogP contribution in [0.3, 0.4) is 0 Å². The fourth-order valence-electron chi connectivity index (χ4n) is 3.39. The lowest BCUT2D eigenvalue weighted by Crippen LogP contribution is -2.44. The smallest absolute Gasteiger partial charge is 0.410 e. The Bertz CT molecular complexity index is 747. The van der Waals surface area contributed by atoms with E-state index in [-0.39, 0.29) is 23.7 Å². The number of likely N-dealkylation sites (tertiary alicyclic amines) is 1. The van der Waals surface area contributed by atoms with Crippen molar-refractivity contribution in [1.82, 2.24) is 4.90 Å². The number of hydrogen-bond acceptors (Lipinski definition) is 3. The molecule has 5 heteroatoms. The molecular formula is C19H24FNO3. The van der Waals surface area contributed by atoms with Crippen LogP contribution >= 0.6 is 0 Å². The van der Waals surface area contributed by atoms with E-state index in [9.17, 15) is 9.18 Å². The number of rotatable bonds is 1. The molecule has 4 nitrogen and oxygen atoms in total. The van der Waals surface area contributed by atoms with Crippen LogP contribution in [0.1, 0.15) is 45.6 Å². The van der Waals surface area contributed by atoms with Crippen molar-refractivity contribution in [2.24, 2.45) is 5.92 Å². The fourth-order valence-corrected chi connectivity index (χ4v) is 3.39. The van der Waals surface area contributed by atoms with Crippen molar-refractivity contribution in [3.05, 3.63) is 35.8 Å². The van der Waals surface area contributed by atoms with Gasteiger partial charge in [0.15, 0.2) is 0 Å². The van der Waals surface area contributed by atoms with E-state index in [0.717, 1.165) is 12.0 Å². The van der Waals surface area contributed by atoms with Crippen LogP contribution in [0.15, 0.2) is 28.9 Å². The molecule has 0 aliphatic carbocycles. The number of nitrogens with zero attached hydrogens (tertiary/aromatic N) is 1. The van der Waals surface area contributed by atoms with Crippen LogP contribution in [-0.2, 0) is 4.74 Å². The summed E-state index contributed by atoms with van der Waals surface area (Å²) in [5.41, 5.74) is 1.02. The van der Waals surface area contributed by atoms with E-state index in [4.69, 9.17) is 9.15 Å². The molecule has 1 fully saturated rings. The molecule has 1 aliphatic rings. The molecule has 2 unspecified atom stereocenters. The second-order valence-electron chi connectivity index (χ2n) is 7.63. The molecule has 0 N–H and O–H groups in total. The van der Waals surface area contributed by atoms with Crippen molar-refractivity contribution in [2.75, 3.05) is 13.1 Å². The number of furan rings is 1. The van der Waals surface area contributed by atoms with Crippen LogP contribution < -0.4 is 0 Å². The third-order valence-corrected chi connectivity index (χ3v) is 4.53. The third-order valence-electron chi connectivity index (χ3n) is 4.53. The quantitative estimate of drug-likeness (QED) is 0.743. The molecule has 1 amide bonds. The number of carbonyl (C=O) groups excluding carboxylic acids is 1. The minimum Gasteiger partial charge on any atom is -0.464 e. The largest absolute Gasteiger partial charge is 0.464 e. The number of halogens is 1. The maximum atomic E-state index is 14.2. The summed E-state index contributed by atoms with van der Waals surface area (Å²) in [4.78, 5) is 14.0. The molecule has 24 heavy (non-hydrogen) atoms. The first kappa shape index (κ1) is 16.8. The van der Waals surface area contributed by atoms with Gasteiger partial charge in [-0.25, -0.2) is 9.18 Å². The molecular weight excluding hydrogens is 309 g/mol. The van der Waals surface area contributed by atoms with Crippen LogP contribution in [0.5, 0.6) is 0 Å². The first-order valence-electron chi connectivity index (χ1n) is 8.39. The minimum atomic E-state index is -0.495. The van der Waals surface area contributed by atoms with Gasteiger partial charge in [-0.05, 0) is 62.8 Å². The van der Waals surface area contributed by atoms with Gasteiger partial charge in [0.05, 0.1) is 11.6 Å². The van der Waals surface area contributed by atoms with Gasteiger partial charge in [-0.1, -0.05) is 6.92 Å². The molecule has 0 radical (unpaired) electrons. The average molecular weight is 333 g/mol. The van der Waals surface area contributed by atoms with Crippen LogP contribution in [0.25, 0.3) is 11.0 Å². The normalized spacial score (nSPS) is 22.0. The summed E-state index contributed by atoms with van der Waals surface area (Å²) < 4.78 is 25.0. The summed E-state index contributed by atoms with van der Waals surface area (Å²) in [5.74, 6) is 0.170. The highest BCUT2D eigenvalue weighted by Crippen LogP contribution is 2.35. The third kappa shape index (κ3) is 3.40. The second kappa shape index (κ2) is 6.11. The Labute approximate surface area is 141 Å². The van der Waals surface area contributed by atoms with Gasteiger partial charge in [0.1, 0.15) is 17.0 Å². The summed E-state index contributed by atoms with van der Waals surface area (Å²) >= 11 is 0. The monoisotopic (exact) mass is 333 g/mol. The number of ether oxygens (including phenoxy) is 1. The summed E-state index contributed by atoms with van der Waals surface area (Å²) in [6.45, 7) is 8.90. The Hall–Kier alpha value is -2.04. The highest BCUT2D eigenvalue weighted by atomic mass is 19.1. The van der Waals surface area contributed by atoms with E-state index in [1.807, 2.05) is 26.8 Å². The molecule has 3 rings (SSSR count). The van der Waals surface area contributed by atoms with E-state index in [1.165, 1.54) is 6.26 Å². The van der Waals surface area contributed by atoms with Crippen molar-refractivity contribution in [3.8, 4) is 0 Å². The van der Waals surface area contributed by atoms with Crippen LogP contribution in [0.4, 0.5) is 9.18 Å². The summed E-state index contributed by atoms with van der Waals surface area (Å²) in [6, 6.07) is 5.16. The Balaban J connectivity index is 1.74. The second-order valence-corrected chi connectivity index (χ2v) is 7.63. The highest BCUT2D eigenvalue weighted by Gasteiger charge is 2.32.